The Bertz CT molecular complexity index is 1250. The van der Waals surface area contributed by atoms with Crippen molar-refractivity contribution in [3.63, 3.8) is 0 Å². The molecule has 0 bridgehead atoms. The van der Waals surface area contributed by atoms with Crippen LogP contribution >= 0.6 is 0 Å². The van der Waals surface area contributed by atoms with E-state index in [9.17, 15) is 9.59 Å². The fourth-order valence-electron chi connectivity index (χ4n) is 3.61. The lowest BCUT2D eigenvalue weighted by Gasteiger charge is -2.15. The predicted molar refractivity (Wildman–Crippen MR) is 129 cm³/mol. The number of ether oxygens (including phenoxy) is 1. The number of carbonyl (C=O) groups is 2. The molecule has 0 radical (unpaired) electrons. The van der Waals surface area contributed by atoms with Gasteiger partial charge in [0.05, 0.1) is 6.10 Å². The fraction of sp³-hybridized carbons (Fsp3) is 0.143. The molecule has 4 aromatic rings. The minimum absolute atomic E-state index is 0.112. The van der Waals surface area contributed by atoms with Crippen molar-refractivity contribution < 1.29 is 14.3 Å². The molecule has 4 heteroatoms. The van der Waals surface area contributed by atoms with Crippen LogP contribution in [0.5, 0.6) is 0 Å². The molecule has 0 aliphatic heterocycles. The SMILES string of the molecule is CC[C@H](C)OC(=O)/C(=C/c1c2ccccc2cc2ccccc12)NC(=O)c1ccccc1. The molecular weight excluding hydrogens is 398 g/mol. The highest BCUT2D eigenvalue weighted by Gasteiger charge is 2.19. The molecule has 1 atom stereocenters. The van der Waals surface area contributed by atoms with E-state index < -0.39 is 5.97 Å². The van der Waals surface area contributed by atoms with Gasteiger partial charge >= 0.3 is 5.97 Å². The van der Waals surface area contributed by atoms with Gasteiger partial charge in [0.15, 0.2) is 0 Å². The lowest BCUT2D eigenvalue weighted by atomic mass is 9.96. The van der Waals surface area contributed by atoms with Crippen LogP contribution in [0.25, 0.3) is 27.6 Å². The van der Waals surface area contributed by atoms with E-state index in [1.165, 1.54) is 0 Å². The van der Waals surface area contributed by atoms with Gasteiger partial charge in [0.25, 0.3) is 5.91 Å². The molecule has 0 saturated carbocycles. The van der Waals surface area contributed by atoms with Crippen LogP contribution in [0.2, 0.25) is 0 Å². The fourth-order valence-corrected chi connectivity index (χ4v) is 3.61. The van der Waals surface area contributed by atoms with Gasteiger partial charge in [0.1, 0.15) is 5.70 Å². The smallest absolute Gasteiger partial charge is 0.355 e. The number of esters is 1. The Hall–Kier alpha value is -3.92. The number of hydrogen-bond acceptors (Lipinski definition) is 3. The summed E-state index contributed by atoms with van der Waals surface area (Å²) in [6.07, 6.45) is 2.16. The Kier molecular flexibility index (Phi) is 6.31. The molecule has 0 unspecified atom stereocenters. The van der Waals surface area contributed by atoms with Crippen LogP contribution in [0.3, 0.4) is 0 Å². The van der Waals surface area contributed by atoms with E-state index in [0.29, 0.717) is 12.0 Å². The number of amides is 1. The van der Waals surface area contributed by atoms with Crippen molar-refractivity contribution in [2.45, 2.75) is 26.4 Å². The summed E-state index contributed by atoms with van der Waals surface area (Å²) in [4.78, 5) is 25.9. The van der Waals surface area contributed by atoms with E-state index >= 15 is 0 Å². The van der Waals surface area contributed by atoms with Gasteiger partial charge in [-0.25, -0.2) is 4.79 Å². The average molecular weight is 424 g/mol. The molecule has 4 aromatic carbocycles. The molecule has 4 nitrogen and oxygen atoms in total. The van der Waals surface area contributed by atoms with Gasteiger partial charge in [-0.3, -0.25) is 4.79 Å². The summed E-state index contributed by atoms with van der Waals surface area (Å²) in [5, 5.41) is 6.89. The maximum Gasteiger partial charge on any atom is 0.355 e. The van der Waals surface area contributed by atoms with Crippen molar-refractivity contribution in [1.29, 1.82) is 0 Å². The van der Waals surface area contributed by atoms with Crippen molar-refractivity contribution in [3.05, 3.63) is 102 Å². The van der Waals surface area contributed by atoms with E-state index in [-0.39, 0.29) is 17.7 Å². The molecule has 0 aromatic heterocycles. The van der Waals surface area contributed by atoms with Gasteiger partial charge in [0, 0.05) is 5.56 Å². The first-order chi connectivity index (χ1) is 15.6. The van der Waals surface area contributed by atoms with E-state index in [2.05, 4.69) is 11.4 Å². The number of nitrogens with one attached hydrogen (secondary N) is 1. The Morgan fingerprint density at radius 2 is 1.44 bits per heavy atom. The highest BCUT2D eigenvalue weighted by molar-refractivity contribution is 6.10. The van der Waals surface area contributed by atoms with Crippen LogP contribution in [-0.2, 0) is 9.53 Å². The van der Waals surface area contributed by atoms with E-state index in [1.54, 1.807) is 30.3 Å². The Balaban J connectivity index is 1.86. The lowest BCUT2D eigenvalue weighted by molar-refractivity contribution is -0.143. The third-order valence-electron chi connectivity index (χ3n) is 5.49. The monoisotopic (exact) mass is 423 g/mol. The van der Waals surface area contributed by atoms with Gasteiger partial charge in [-0.05, 0) is 64.7 Å². The van der Waals surface area contributed by atoms with E-state index in [4.69, 9.17) is 4.74 Å². The zero-order valence-electron chi connectivity index (χ0n) is 18.2. The molecule has 1 amide bonds. The topological polar surface area (TPSA) is 55.4 Å². The van der Waals surface area contributed by atoms with Crippen molar-refractivity contribution in [3.8, 4) is 0 Å². The Labute approximate surface area is 187 Å². The number of rotatable bonds is 6. The second kappa shape index (κ2) is 9.48. The number of benzene rings is 4. The number of fused-ring (bicyclic) bond motifs is 2. The minimum atomic E-state index is -0.555. The molecule has 160 valence electrons. The second-order valence-electron chi connectivity index (χ2n) is 7.73. The molecule has 32 heavy (non-hydrogen) atoms. The summed E-state index contributed by atoms with van der Waals surface area (Å²) in [6.45, 7) is 3.78. The predicted octanol–water partition coefficient (Wildman–Crippen LogP) is 6.11. The van der Waals surface area contributed by atoms with Crippen LogP contribution in [0.4, 0.5) is 0 Å². The van der Waals surface area contributed by atoms with Gasteiger partial charge in [-0.2, -0.15) is 0 Å². The highest BCUT2D eigenvalue weighted by Crippen LogP contribution is 2.30. The third kappa shape index (κ3) is 4.54. The molecule has 1 N–H and O–H groups in total. The molecule has 0 heterocycles. The van der Waals surface area contributed by atoms with Gasteiger partial charge in [-0.1, -0.05) is 73.7 Å². The van der Waals surface area contributed by atoms with Crippen LogP contribution in [0, 0.1) is 0 Å². The van der Waals surface area contributed by atoms with E-state index in [0.717, 1.165) is 27.1 Å². The van der Waals surface area contributed by atoms with Crippen LogP contribution in [-0.4, -0.2) is 18.0 Å². The first kappa shape index (κ1) is 21.3. The van der Waals surface area contributed by atoms with Gasteiger partial charge in [0.2, 0.25) is 0 Å². The van der Waals surface area contributed by atoms with E-state index in [1.807, 2.05) is 68.4 Å². The quantitative estimate of drug-likeness (QED) is 0.231. The highest BCUT2D eigenvalue weighted by atomic mass is 16.5. The minimum Gasteiger partial charge on any atom is -0.458 e. The first-order valence-corrected chi connectivity index (χ1v) is 10.8. The van der Waals surface area contributed by atoms with Crippen molar-refractivity contribution >= 4 is 39.5 Å². The summed E-state index contributed by atoms with van der Waals surface area (Å²) in [5.41, 5.74) is 1.45. The largest absolute Gasteiger partial charge is 0.458 e. The molecule has 4 rings (SSSR count). The summed E-state index contributed by atoms with van der Waals surface area (Å²) >= 11 is 0. The molecule has 0 spiro atoms. The van der Waals surface area contributed by atoms with Crippen molar-refractivity contribution in [2.24, 2.45) is 0 Å². The maximum atomic E-state index is 13.1. The van der Waals surface area contributed by atoms with Crippen LogP contribution in [0.15, 0.2) is 90.6 Å². The number of hydrogen-bond donors (Lipinski definition) is 1. The first-order valence-electron chi connectivity index (χ1n) is 10.8. The van der Waals surface area contributed by atoms with Crippen molar-refractivity contribution in [1.82, 2.24) is 5.32 Å². The summed E-state index contributed by atoms with van der Waals surface area (Å²) in [5.74, 6) is -0.914. The van der Waals surface area contributed by atoms with Crippen LogP contribution in [0.1, 0.15) is 36.2 Å². The Morgan fingerprint density at radius 3 is 2.03 bits per heavy atom. The molecule has 0 fully saturated rings. The van der Waals surface area contributed by atoms with Crippen molar-refractivity contribution in [2.75, 3.05) is 0 Å². The summed E-state index contributed by atoms with van der Waals surface area (Å²) < 4.78 is 5.57. The zero-order valence-corrected chi connectivity index (χ0v) is 18.2. The number of carbonyl (C=O) groups excluding carboxylic acids is 2. The van der Waals surface area contributed by atoms with Gasteiger partial charge < -0.3 is 10.1 Å². The zero-order chi connectivity index (χ0) is 22.5. The Morgan fingerprint density at radius 1 is 0.875 bits per heavy atom. The van der Waals surface area contributed by atoms with Gasteiger partial charge in [-0.15, -0.1) is 0 Å². The molecule has 0 aliphatic rings. The third-order valence-corrected chi connectivity index (χ3v) is 5.49. The standard InChI is InChI=1S/C28H25NO3/c1-3-19(2)32-28(31)26(29-27(30)20-11-5-4-6-12-20)18-25-23-15-9-7-13-21(23)17-22-14-8-10-16-24(22)25/h4-19H,3H2,1-2H3,(H,29,30)/b26-18-/t19-/m0/s1. The van der Waals surface area contributed by atoms with Crippen LogP contribution < -0.4 is 5.32 Å². The maximum absolute atomic E-state index is 13.1. The molecular formula is C28H25NO3. The normalized spacial score (nSPS) is 12.5. The molecule has 0 aliphatic carbocycles. The summed E-state index contributed by atoms with van der Waals surface area (Å²) in [7, 11) is 0. The molecule has 0 saturated heterocycles. The summed E-state index contributed by atoms with van der Waals surface area (Å²) in [6, 6.07) is 27.0. The lowest BCUT2D eigenvalue weighted by Crippen LogP contribution is -2.30. The average Bonchev–Trinajstić information content (AvgIpc) is 2.83. The second-order valence-corrected chi connectivity index (χ2v) is 7.73.